The monoisotopic (exact) mass is 410 g/mol. The largest absolute Gasteiger partial charge is 0.496 e. The summed E-state index contributed by atoms with van der Waals surface area (Å²) in [5.41, 5.74) is 2.47. The number of amides is 2. The van der Waals surface area contributed by atoms with Crippen LogP contribution in [-0.2, 0) is 4.79 Å². The van der Waals surface area contributed by atoms with Gasteiger partial charge in [-0.2, -0.15) is 0 Å². The molecule has 1 aromatic heterocycles. The van der Waals surface area contributed by atoms with Crippen LogP contribution in [0, 0.1) is 5.82 Å². The number of nitrogens with one attached hydrogen (secondary N) is 1. The topological polar surface area (TPSA) is 71.8 Å². The van der Waals surface area contributed by atoms with Crippen molar-refractivity contribution in [1.82, 2.24) is 10.2 Å². The smallest absolute Gasteiger partial charge is 0.255 e. The second-order valence-corrected chi connectivity index (χ2v) is 7.43. The van der Waals surface area contributed by atoms with Crippen molar-refractivity contribution in [3.8, 4) is 17.1 Å². The number of benzene rings is 2. The Morgan fingerprint density at radius 2 is 1.97 bits per heavy atom. The van der Waals surface area contributed by atoms with E-state index in [1.54, 1.807) is 33.2 Å². The second kappa shape index (κ2) is 7.82. The number of halogens is 1. The molecular formula is C23H23FN2O4. The molecule has 0 bridgehead atoms. The standard InChI is InChI=1S/C23H23FN2O4/c1-13(27)26-9-8-15(12-26)17-10-20-18(11-19(17)29-3)21(23(28)25-2)22(30-20)14-4-6-16(24)7-5-14/h4-7,10-11,15H,8-9,12H2,1-3H3,(H,25,28). The average Bonchev–Trinajstić information content (AvgIpc) is 3.37. The number of furan rings is 1. The zero-order valence-electron chi connectivity index (χ0n) is 17.1. The molecule has 1 saturated heterocycles. The minimum Gasteiger partial charge on any atom is -0.496 e. The Morgan fingerprint density at radius 3 is 2.57 bits per heavy atom. The van der Waals surface area contributed by atoms with E-state index >= 15 is 0 Å². The van der Waals surface area contributed by atoms with Gasteiger partial charge in [0, 0.05) is 49.5 Å². The first-order valence-corrected chi connectivity index (χ1v) is 9.81. The molecule has 1 aliphatic heterocycles. The third-order valence-corrected chi connectivity index (χ3v) is 5.67. The minimum absolute atomic E-state index is 0.0519. The van der Waals surface area contributed by atoms with E-state index in [1.165, 1.54) is 12.1 Å². The maximum atomic E-state index is 13.4. The van der Waals surface area contributed by atoms with Gasteiger partial charge in [0.2, 0.25) is 5.91 Å². The van der Waals surface area contributed by atoms with Crippen LogP contribution in [0.15, 0.2) is 40.8 Å². The molecule has 7 heteroatoms. The number of carbonyl (C=O) groups excluding carboxylic acids is 2. The first kappa shape index (κ1) is 19.9. The van der Waals surface area contributed by atoms with Crippen LogP contribution < -0.4 is 10.1 Å². The van der Waals surface area contributed by atoms with E-state index in [0.717, 1.165) is 12.0 Å². The van der Waals surface area contributed by atoms with Crippen molar-refractivity contribution in [2.45, 2.75) is 19.3 Å². The first-order chi connectivity index (χ1) is 14.4. The Hall–Kier alpha value is -3.35. The summed E-state index contributed by atoms with van der Waals surface area (Å²) in [7, 11) is 3.14. The molecule has 1 aliphatic rings. The van der Waals surface area contributed by atoms with Crippen LogP contribution in [0.5, 0.6) is 5.75 Å². The fourth-order valence-electron chi connectivity index (χ4n) is 4.09. The Labute approximate surface area is 173 Å². The summed E-state index contributed by atoms with van der Waals surface area (Å²) in [5, 5.41) is 3.27. The highest BCUT2D eigenvalue weighted by molar-refractivity contribution is 6.11. The molecule has 2 amide bonds. The van der Waals surface area contributed by atoms with Gasteiger partial charge in [-0.3, -0.25) is 9.59 Å². The third kappa shape index (κ3) is 3.40. The Bertz CT molecular complexity index is 1120. The summed E-state index contributed by atoms with van der Waals surface area (Å²) in [5.74, 6) is 0.532. The second-order valence-electron chi connectivity index (χ2n) is 7.43. The lowest BCUT2D eigenvalue weighted by atomic mass is 9.95. The Balaban J connectivity index is 1.87. The van der Waals surface area contributed by atoms with E-state index in [9.17, 15) is 14.0 Å². The van der Waals surface area contributed by atoms with Crippen LogP contribution in [0.3, 0.4) is 0 Å². The number of carbonyl (C=O) groups is 2. The van der Waals surface area contributed by atoms with Crippen LogP contribution >= 0.6 is 0 Å². The SMILES string of the molecule is CNC(=O)c1c(-c2ccc(F)cc2)oc2cc(C3CCN(C(C)=O)C3)c(OC)cc12. The van der Waals surface area contributed by atoms with Gasteiger partial charge >= 0.3 is 0 Å². The van der Waals surface area contributed by atoms with Crippen LogP contribution in [0.1, 0.15) is 35.2 Å². The fraction of sp³-hybridized carbons (Fsp3) is 0.304. The molecule has 4 rings (SSSR count). The first-order valence-electron chi connectivity index (χ1n) is 9.81. The summed E-state index contributed by atoms with van der Waals surface area (Å²) < 4.78 is 25.1. The highest BCUT2D eigenvalue weighted by Gasteiger charge is 2.30. The molecule has 156 valence electrons. The van der Waals surface area contributed by atoms with Crippen molar-refractivity contribution in [1.29, 1.82) is 0 Å². The summed E-state index contributed by atoms with van der Waals surface area (Å²) in [4.78, 5) is 26.2. The lowest BCUT2D eigenvalue weighted by Crippen LogP contribution is -2.25. The van der Waals surface area contributed by atoms with Crippen molar-refractivity contribution in [3.63, 3.8) is 0 Å². The molecule has 2 heterocycles. The van der Waals surface area contributed by atoms with E-state index in [0.29, 0.717) is 46.7 Å². The number of hydrogen-bond donors (Lipinski definition) is 1. The zero-order valence-corrected chi connectivity index (χ0v) is 17.1. The predicted octanol–water partition coefficient (Wildman–Crippen LogP) is 3.94. The number of methoxy groups -OCH3 is 1. The van der Waals surface area contributed by atoms with E-state index in [1.807, 2.05) is 17.0 Å². The molecule has 3 aromatic rings. The minimum atomic E-state index is -0.364. The fourth-order valence-corrected chi connectivity index (χ4v) is 4.09. The third-order valence-electron chi connectivity index (χ3n) is 5.67. The van der Waals surface area contributed by atoms with Gasteiger partial charge in [-0.05, 0) is 42.8 Å². The molecule has 0 saturated carbocycles. The summed E-state index contributed by atoms with van der Waals surface area (Å²) >= 11 is 0. The maximum absolute atomic E-state index is 13.4. The predicted molar refractivity (Wildman–Crippen MR) is 111 cm³/mol. The lowest BCUT2D eigenvalue weighted by Gasteiger charge is -2.16. The van der Waals surface area contributed by atoms with Crippen LogP contribution in [0.4, 0.5) is 4.39 Å². The molecule has 1 N–H and O–H groups in total. The summed E-state index contributed by atoms with van der Waals surface area (Å²) in [6, 6.07) is 9.52. The molecule has 1 unspecified atom stereocenters. The lowest BCUT2D eigenvalue weighted by molar-refractivity contribution is -0.127. The number of hydrogen-bond acceptors (Lipinski definition) is 4. The number of ether oxygens (including phenoxy) is 1. The van der Waals surface area contributed by atoms with E-state index in [-0.39, 0.29) is 23.5 Å². The highest BCUT2D eigenvalue weighted by Crippen LogP contribution is 2.41. The van der Waals surface area contributed by atoms with Crippen molar-refractivity contribution in [2.24, 2.45) is 0 Å². The number of fused-ring (bicyclic) bond motifs is 1. The molecule has 0 aliphatic carbocycles. The van der Waals surface area contributed by atoms with Gasteiger partial charge in [0.25, 0.3) is 5.91 Å². The number of nitrogens with zero attached hydrogens (tertiary/aromatic N) is 1. The quantitative estimate of drug-likeness (QED) is 0.707. The Morgan fingerprint density at radius 1 is 1.23 bits per heavy atom. The van der Waals surface area contributed by atoms with Crippen molar-refractivity contribution in [3.05, 3.63) is 53.3 Å². The van der Waals surface area contributed by atoms with Crippen molar-refractivity contribution in [2.75, 3.05) is 27.2 Å². The Kier molecular flexibility index (Phi) is 5.20. The van der Waals surface area contributed by atoms with Gasteiger partial charge < -0.3 is 19.4 Å². The van der Waals surface area contributed by atoms with E-state index < -0.39 is 0 Å². The zero-order chi connectivity index (χ0) is 21.4. The average molecular weight is 410 g/mol. The molecule has 0 radical (unpaired) electrons. The molecule has 2 aromatic carbocycles. The molecule has 1 atom stereocenters. The van der Waals surface area contributed by atoms with Gasteiger partial charge in [-0.25, -0.2) is 4.39 Å². The molecule has 0 spiro atoms. The molecule has 1 fully saturated rings. The van der Waals surface area contributed by atoms with Crippen molar-refractivity contribution < 1.29 is 23.1 Å². The summed E-state index contributed by atoms with van der Waals surface area (Å²) in [6.45, 7) is 2.88. The van der Waals surface area contributed by atoms with Crippen LogP contribution in [0.2, 0.25) is 0 Å². The van der Waals surface area contributed by atoms with Gasteiger partial charge in [0.05, 0.1) is 12.7 Å². The molecule has 30 heavy (non-hydrogen) atoms. The number of rotatable bonds is 4. The van der Waals surface area contributed by atoms with E-state index in [2.05, 4.69) is 5.32 Å². The van der Waals surface area contributed by atoms with Gasteiger partial charge in [-0.15, -0.1) is 0 Å². The molecule has 6 nitrogen and oxygen atoms in total. The maximum Gasteiger partial charge on any atom is 0.255 e. The number of likely N-dealkylation sites (tertiary alicyclic amines) is 1. The van der Waals surface area contributed by atoms with Crippen LogP contribution in [0.25, 0.3) is 22.3 Å². The molecular weight excluding hydrogens is 387 g/mol. The van der Waals surface area contributed by atoms with E-state index in [4.69, 9.17) is 9.15 Å². The van der Waals surface area contributed by atoms with Crippen LogP contribution in [-0.4, -0.2) is 44.0 Å². The van der Waals surface area contributed by atoms with Crippen molar-refractivity contribution >= 4 is 22.8 Å². The van der Waals surface area contributed by atoms with Gasteiger partial charge in [0.15, 0.2) is 0 Å². The summed E-state index contributed by atoms with van der Waals surface area (Å²) in [6.07, 6.45) is 0.829. The normalized spacial score (nSPS) is 16.1. The highest BCUT2D eigenvalue weighted by atomic mass is 19.1. The van der Waals surface area contributed by atoms with Gasteiger partial charge in [0.1, 0.15) is 22.9 Å². The van der Waals surface area contributed by atoms with Gasteiger partial charge in [-0.1, -0.05) is 0 Å².